The number of morpholine rings is 1. The summed E-state index contributed by atoms with van der Waals surface area (Å²) in [4.78, 5) is 2.50. The minimum Gasteiger partial charge on any atom is -0.508 e. The van der Waals surface area contributed by atoms with Gasteiger partial charge in [0.1, 0.15) is 5.75 Å². The van der Waals surface area contributed by atoms with Crippen molar-refractivity contribution in [2.75, 3.05) is 19.7 Å². The fourth-order valence-electron chi connectivity index (χ4n) is 3.21. The molecule has 0 radical (unpaired) electrons. The zero-order valence-electron chi connectivity index (χ0n) is 10.2. The van der Waals surface area contributed by atoms with Crippen LogP contribution in [0, 0.1) is 0 Å². The monoisotopic (exact) mass is 233 g/mol. The van der Waals surface area contributed by atoms with Crippen molar-refractivity contribution in [3.63, 3.8) is 0 Å². The predicted octanol–water partition coefficient (Wildman–Crippen LogP) is 2.10. The molecule has 17 heavy (non-hydrogen) atoms. The number of phenolic OH excluding ortho intramolecular Hbond substituents is 1. The Labute approximate surface area is 102 Å². The molecular weight excluding hydrogens is 214 g/mol. The third-order valence-corrected chi connectivity index (χ3v) is 4.08. The minimum atomic E-state index is 0.152. The molecule has 0 amide bonds. The van der Waals surface area contributed by atoms with Gasteiger partial charge in [0.2, 0.25) is 0 Å². The maximum atomic E-state index is 9.90. The third-order valence-electron chi connectivity index (χ3n) is 4.08. The summed E-state index contributed by atoms with van der Waals surface area (Å²) in [5, 5.41) is 9.90. The Morgan fingerprint density at radius 3 is 3.18 bits per heavy atom. The smallest absolute Gasteiger partial charge is 0.119 e. The van der Waals surface area contributed by atoms with E-state index in [1.54, 1.807) is 6.07 Å². The van der Waals surface area contributed by atoms with E-state index >= 15 is 0 Å². The Kier molecular flexibility index (Phi) is 2.81. The number of hydrogen-bond donors (Lipinski definition) is 1. The minimum absolute atomic E-state index is 0.152. The van der Waals surface area contributed by atoms with Gasteiger partial charge in [-0.3, -0.25) is 4.90 Å². The molecule has 2 aliphatic rings. The Balaban J connectivity index is 1.98. The molecule has 1 fully saturated rings. The summed E-state index contributed by atoms with van der Waals surface area (Å²) in [6.07, 6.45) is 2.20. The summed E-state index contributed by atoms with van der Waals surface area (Å²) in [7, 11) is 0. The van der Waals surface area contributed by atoms with Crippen LogP contribution in [0.5, 0.6) is 5.75 Å². The molecule has 1 saturated heterocycles. The largest absolute Gasteiger partial charge is 0.508 e. The van der Waals surface area contributed by atoms with E-state index in [4.69, 9.17) is 4.74 Å². The molecule has 1 aromatic rings. The van der Waals surface area contributed by atoms with E-state index in [1.165, 1.54) is 5.56 Å². The highest BCUT2D eigenvalue weighted by Crippen LogP contribution is 2.40. The van der Waals surface area contributed by atoms with Crippen molar-refractivity contribution >= 4 is 0 Å². The topological polar surface area (TPSA) is 32.7 Å². The fraction of sp³-hybridized carbons (Fsp3) is 0.571. The van der Waals surface area contributed by atoms with Crippen LogP contribution in [0.25, 0.3) is 0 Å². The first-order chi connectivity index (χ1) is 8.31. The van der Waals surface area contributed by atoms with Crippen LogP contribution in [0.1, 0.15) is 30.6 Å². The van der Waals surface area contributed by atoms with Crippen LogP contribution in [0.2, 0.25) is 0 Å². The van der Waals surface area contributed by atoms with E-state index in [0.29, 0.717) is 11.8 Å². The number of aromatic hydroxyl groups is 1. The lowest BCUT2D eigenvalue weighted by atomic mass is 9.83. The van der Waals surface area contributed by atoms with Crippen molar-refractivity contribution in [1.29, 1.82) is 0 Å². The molecule has 0 saturated carbocycles. The summed E-state index contributed by atoms with van der Waals surface area (Å²) >= 11 is 0. The van der Waals surface area contributed by atoms with E-state index < -0.39 is 0 Å². The number of hydrogen-bond acceptors (Lipinski definition) is 3. The lowest BCUT2D eigenvalue weighted by molar-refractivity contribution is -0.0786. The number of phenols is 1. The van der Waals surface area contributed by atoms with E-state index in [9.17, 15) is 5.11 Å². The molecule has 0 aromatic heterocycles. The molecule has 92 valence electrons. The third kappa shape index (κ3) is 1.74. The molecule has 3 rings (SSSR count). The SMILES string of the molecule is CCN1CCO[C@@H]2c3cccc(O)c3CC[C@H]21. The standard InChI is InChI=1S/C14H19NO2/c1-2-15-8-9-17-14-11-4-3-5-13(16)10(11)6-7-12(14)15/h3-5,12,14,16H,2,6-9H2,1H3/t12-,14-/m1/s1. The molecule has 0 spiro atoms. The van der Waals surface area contributed by atoms with Crippen LogP contribution in [-0.4, -0.2) is 35.7 Å². The maximum absolute atomic E-state index is 9.90. The lowest BCUT2D eigenvalue weighted by Gasteiger charge is -2.44. The van der Waals surface area contributed by atoms with Crippen LogP contribution in [-0.2, 0) is 11.2 Å². The Hall–Kier alpha value is -1.06. The van der Waals surface area contributed by atoms with Crippen molar-refractivity contribution in [2.45, 2.75) is 31.9 Å². The molecule has 1 aromatic carbocycles. The molecular formula is C14H19NO2. The number of nitrogens with zero attached hydrogens (tertiary/aromatic N) is 1. The van der Waals surface area contributed by atoms with Gasteiger partial charge in [-0.2, -0.15) is 0 Å². The van der Waals surface area contributed by atoms with Crippen molar-refractivity contribution in [1.82, 2.24) is 4.90 Å². The highest BCUT2D eigenvalue weighted by atomic mass is 16.5. The first-order valence-corrected chi connectivity index (χ1v) is 6.47. The predicted molar refractivity (Wildman–Crippen MR) is 66.2 cm³/mol. The van der Waals surface area contributed by atoms with Gasteiger partial charge in [-0.15, -0.1) is 0 Å². The summed E-state index contributed by atoms with van der Waals surface area (Å²) in [6.45, 7) is 5.12. The van der Waals surface area contributed by atoms with Gasteiger partial charge in [-0.1, -0.05) is 19.1 Å². The van der Waals surface area contributed by atoms with E-state index in [2.05, 4.69) is 17.9 Å². The van der Waals surface area contributed by atoms with E-state index in [-0.39, 0.29) is 6.10 Å². The van der Waals surface area contributed by atoms with Gasteiger partial charge in [0.25, 0.3) is 0 Å². The average molecular weight is 233 g/mol. The number of rotatable bonds is 1. The van der Waals surface area contributed by atoms with Crippen molar-refractivity contribution in [3.05, 3.63) is 29.3 Å². The van der Waals surface area contributed by atoms with Gasteiger partial charge in [0.05, 0.1) is 12.7 Å². The maximum Gasteiger partial charge on any atom is 0.119 e. The number of likely N-dealkylation sites (N-methyl/N-ethyl adjacent to an activating group) is 1. The summed E-state index contributed by atoms with van der Waals surface area (Å²) < 4.78 is 5.94. The average Bonchev–Trinajstić information content (AvgIpc) is 2.38. The van der Waals surface area contributed by atoms with Gasteiger partial charge in [0, 0.05) is 12.6 Å². The first kappa shape index (κ1) is 11.1. The van der Waals surface area contributed by atoms with Crippen LogP contribution >= 0.6 is 0 Å². The van der Waals surface area contributed by atoms with Gasteiger partial charge in [-0.05, 0) is 36.6 Å². The molecule has 1 N–H and O–H groups in total. The molecule has 1 aliphatic carbocycles. The molecule has 0 unspecified atom stereocenters. The highest BCUT2D eigenvalue weighted by molar-refractivity contribution is 5.43. The van der Waals surface area contributed by atoms with Crippen LogP contribution < -0.4 is 0 Å². The van der Waals surface area contributed by atoms with Crippen LogP contribution in [0.15, 0.2) is 18.2 Å². The normalized spacial score (nSPS) is 28.5. The molecule has 1 aliphatic heterocycles. The number of fused-ring (bicyclic) bond motifs is 3. The number of benzene rings is 1. The Bertz CT molecular complexity index is 419. The molecule has 2 atom stereocenters. The van der Waals surface area contributed by atoms with E-state index in [1.807, 2.05) is 6.07 Å². The Morgan fingerprint density at radius 2 is 2.35 bits per heavy atom. The zero-order valence-corrected chi connectivity index (χ0v) is 10.2. The fourth-order valence-corrected chi connectivity index (χ4v) is 3.21. The molecule has 3 heteroatoms. The first-order valence-electron chi connectivity index (χ1n) is 6.47. The second-order valence-corrected chi connectivity index (χ2v) is 4.87. The molecule has 3 nitrogen and oxygen atoms in total. The summed E-state index contributed by atoms with van der Waals surface area (Å²) in [5.41, 5.74) is 2.28. The van der Waals surface area contributed by atoms with Crippen molar-refractivity contribution < 1.29 is 9.84 Å². The van der Waals surface area contributed by atoms with Gasteiger partial charge >= 0.3 is 0 Å². The molecule has 1 heterocycles. The number of ether oxygens (including phenoxy) is 1. The summed E-state index contributed by atoms with van der Waals surface area (Å²) in [6, 6.07) is 6.29. The van der Waals surface area contributed by atoms with Crippen LogP contribution in [0.4, 0.5) is 0 Å². The quantitative estimate of drug-likeness (QED) is 0.806. The van der Waals surface area contributed by atoms with E-state index in [0.717, 1.165) is 38.1 Å². The highest BCUT2D eigenvalue weighted by Gasteiger charge is 2.37. The van der Waals surface area contributed by atoms with Gasteiger partial charge < -0.3 is 9.84 Å². The zero-order chi connectivity index (χ0) is 11.8. The Morgan fingerprint density at radius 1 is 1.47 bits per heavy atom. The van der Waals surface area contributed by atoms with Crippen molar-refractivity contribution in [3.8, 4) is 5.75 Å². The van der Waals surface area contributed by atoms with Crippen LogP contribution in [0.3, 0.4) is 0 Å². The molecule has 0 bridgehead atoms. The van der Waals surface area contributed by atoms with Gasteiger partial charge in [-0.25, -0.2) is 0 Å². The lowest BCUT2D eigenvalue weighted by Crippen LogP contribution is -2.48. The second-order valence-electron chi connectivity index (χ2n) is 4.87. The van der Waals surface area contributed by atoms with Crippen molar-refractivity contribution in [2.24, 2.45) is 0 Å². The summed E-state index contributed by atoms with van der Waals surface area (Å²) in [5.74, 6) is 0.429. The second kappa shape index (κ2) is 4.31. The van der Waals surface area contributed by atoms with Gasteiger partial charge in [0.15, 0.2) is 0 Å².